The van der Waals surface area contributed by atoms with E-state index in [0.717, 1.165) is 17.1 Å². The third kappa shape index (κ3) is 5.79. The highest BCUT2D eigenvalue weighted by molar-refractivity contribution is 6.52. The Bertz CT molecular complexity index is 1240. The first-order valence-electron chi connectivity index (χ1n) is 13.4. The average molecular weight is 499 g/mol. The lowest BCUT2D eigenvalue weighted by Gasteiger charge is -2.42. The van der Waals surface area contributed by atoms with Crippen molar-refractivity contribution in [2.24, 2.45) is 7.05 Å². The molecule has 0 saturated carbocycles. The van der Waals surface area contributed by atoms with Crippen molar-refractivity contribution in [3.8, 4) is 5.75 Å². The maximum Gasteiger partial charge on any atom is 0.306 e. The fraction of sp³-hybridized carbons (Fsp3) is 0.484. The Labute approximate surface area is 222 Å². The topological polar surface area (TPSA) is 53.4 Å². The van der Waals surface area contributed by atoms with E-state index in [1.54, 1.807) is 6.20 Å². The summed E-state index contributed by atoms with van der Waals surface area (Å²) in [6.45, 7) is 14.2. The van der Waals surface area contributed by atoms with Crippen molar-refractivity contribution < 1.29 is 14.3 Å². The predicted molar refractivity (Wildman–Crippen MR) is 150 cm³/mol. The number of rotatable bonds is 9. The molecule has 1 atom stereocenters. The van der Waals surface area contributed by atoms with E-state index in [-0.39, 0.29) is 29.1 Å². The molecule has 0 amide bonds. The lowest BCUT2D eigenvalue weighted by Crippen LogP contribution is -2.36. The summed E-state index contributed by atoms with van der Waals surface area (Å²) in [7, 11) is 4.13. The summed E-state index contributed by atoms with van der Waals surface area (Å²) in [5.41, 5.74) is 6.72. The largest absolute Gasteiger partial charge is 0.489 e. The lowest BCUT2D eigenvalue weighted by atomic mass is 9.60. The minimum Gasteiger partial charge on any atom is -0.489 e. The SMILES string of the molecule is C[B]c1cc2c(cc1COc1ccc([C@H](CC(=O)OCC)c3nccn3C)cc1)C(C)(C)CCC2(C)C. The van der Waals surface area contributed by atoms with E-state index in [9.17, 15) is 4.79 Å². The molecule has 1 aliphatic carbocycles. The van der Waals surface area contributed by atoms with E-state index in [1.165, 1.54) is 35.0 Å². The van der Waals surface area contributed by atoms with Crippen LogP contribution in [0.15, 0.2) is 48.8 Å². The second kappa shape index (κ2) is 10.8. The van der Waals surface area contributed by atoms with Gasteiger partial charge in [-0.05, 0) is 65.0 Å². The second-order valence-corrected chi connectivity index (χ2v) is 11.5. The highest BCUT2D eigenvalue weighted by Crippen LogP contribution is 2.45. The number of benzene rings is 2. The van der Waals surface area contributed by atoms with Crippen LogP contribution in [0, 0.1) is 0 Å². The van der Waals surface area contributed by atoms with Crippen LogP contribution in [-0.2, 0) is 34.0 Å². The summed E-state index contributed by atoms with van der Waals surface area (Å²) < 4.78 is 13.5. The molecule has 3 aromatic rings. The number of imidazole rings is 1. The fourth-order valence-corrected chi connectivity index (χ4v) is 5.48. The van der Waals surface area contributed by atoms with Crippen LogP contribution in [0.4, 0.5) is 0 Å². The molecular weight excluding hydrogens is 459 g/mol. The maximum absolute atomic E-state index is 12.3. The first-order valence-corrected chi connectivity index (χ1v) is 13.4. The molecular formula is C31H40BN2O3. The van der Waals surface area contributed by atoms with Crippen LogP contribution < -0.4 is 10.2 Å². The molecule has 195 valence electrons. The average Bonchev–Trinajstić information content (AvgIpc) is 3.29. The standard InChI is InChI=1S/C31H40BN2O3/c1-8-36-28(35)18-24(29-33-15-16-34(29)7)21-9-11-23(12-10-21)37-20-22-17-25-26(19-27(22)32-6)31(4,5)14-13-30(25,2)3/h9-12,15-17,19,24H,8,13-14,18,20H2,1-7H3/t24-/m0/s1. The minimum atomic E-state index is -0.224. The van der Waals surface area contributed by atoms with Gasteiger partial charge >= 0.3 is 5.97 Å². The van der Waals surface area contributed by atoms with Crippen LogP contribution in [0.5, 0.6) is 5.75 Å². The van der Waals surface area contributed by atoms with Gasteiger partial charge < -0.3 is 14.0 Å². The number of hydrogen-bond acceptors (Lipinski definition) is 4. The van der Waals surface area contributed by atoms with Crippen LogP contribution in [0.2, 0.25) is 6.82 Å². The number of nitrogens with zero attached hydrogens (tertiary/aromatic N) is 2. The molecule has 1 aliphatic rings. The number of carbonyl (C=O) groups excluding carboxylic acids is 1. The maximum atomic E-state index is 12.3. The number of aryl methyl sites for hydroxylation is 1. The van der Waals surface area contributed by atoms with E-state index < -0.39 is 0 Å². The van der Waals surface area contributed by atoms with Gasteiger partial charge in [0.25, 0.3) is 0 Å². The molecule has 0 spiro atoms. The van der Waals surface area contributed by atoms with Gasteiger partial charge in [-0.3, -0.25) is 4.79 Å². The molecule has 0 saturated heterocycles. The van der Waals surface area contributed by atoms with Gasteiger partial charge in [0.15, 0.2) is 0 Å². The highest BCUT2D eigenvalue weighted by atomic mass is 16.5. The Balaban J connectivity index is 1.55. The zero-order valence-corrected chi connectivity index (χ0v) is 23.4. The predicted octanol–water partition coefficient (Wildman–Crippen LogP) is 5.81. The van der Waals surface area contributed by atoms with Crippen molar-refractivity contribution in [3.05, 3.63) is 76.9 Å². The van der Waals surface area contributed by atoms with Crippen LogP contribution in [-0.4, -0.2) is 29.4 Å². The van der Waals surface area contributed by atoms with E-state index in [4.69, 9.17) is 9.47 Å². The van der Waals surface area contributed by atoms with Gasteiger partial charge in [-0.1, -0.05) is 64.2 Å². The van der Waals surface area contributed by atoms with Crippen LogP contribution in [0.25, 0.3) is 0 Å². The monoisotopic (exact) mass is 499 g/mol. The van der Waals surface area contributed by atoms with Gasteiger partial charge in [0.2, 0.25) is 0 Å². The first-order chi connectivity index (χ1) is 17.6. The van der Waals surface area contributed by atoms with Crippen molar-refractivity contribution in [1.29, 1.82) is 0 Å². The lowest BCUT2D eigenvalue weighted by molar-refractivity contribution is -0.143. The van der Waals surface area contributed by atoms with Crippen molar-refractivity contribution in [2.45, 2.75) is 84.1 Å². The molecule has 0 aliphatic heterocycles. The fourth-order valence-electron chi connectivity index (χ4n) is 5.48. The van der Waals surface area contributed by atoms with E-state index >= 15 is 0 Å². The van der Waals surface area contributed by atoms with Gasteiger partial charge in [0, 0.05) is 19.4 Å². The molecule has 2 aromatic carbocycles. The summed E-state index contributed by atoms with van der Waals surface area (Å²) in [6, 6.07) is 12.8. The van der Waals surface area contributed by atoms with E-state index in [2.05, 4.69) is 58.9 Å². The molecule has 6 heteroatoms. The Kier molecular flexibility index (Phi) is 7.87. The summed E-state index contributed by atoms with van der Waals surface area (Å²) in [5, 5.41) is 0. The molecule has 1 aromatic heterocycles. The number of aromatic nitrogens is 2. The third-order valence-electron chi connectivity index (χ3n) is 7.95. The molecule has 1 heterocycles. The molecule has 5 nitrogen and oxygen atoms in total. The minimum absolute atomic E-state index is 0.159. The van der Waals surface area contributed by atoms with Crippen molar-refractivity contribution in [3.63, 3.8) is 0 Å². The summed E-state index contributed by atoms with van der Waals surface area (Å²) in [5.74, 6) is 1.24. The zero-order valence-electron chi connectivity index (χ0n) is 23.4. The highest BCUT2D eigenvalue weighted by Gasteiger charge is 2.37. The summed E-state index contributed by atoms with van der Waals surface area (Å²) >= 11 is 0. The van der Waals surface area contributed by atoms with E-state index in [1.807, 2.05) is 49.0 Å². The normalized spacial score (nSPS) is 16.5. The second-order valence-electron chi connectivity index (χ2n) is 11.5. The number of fused-ring (bicyclic) bond motifs is 1. The number of ether oxygens (including phenoxy) is 2. The Morgan fingerprint density at radius 1 is 1.08 bits per heavy atom. The quantitative estimate of drug-likeness (QED) is 0.275. The van der Waals surface area contributed by atoms with Crippen molar-refractivity contribution in [1.82, 2.24) is 9.55 Å². The van der Waals surface area contributed by atoms with Crippen LogP contribution in [0.1, 0.15) is 87.9 Å². The van der Waals surface area contributed by atoms with Crippen molar-refractivity contribution in [2.75, 3.05) is 6.61 Å². The molecule has 1 radical (unpaired) electrons. The first kappa shape index (κ1) is 27.0. The van der Waals surface area contributed by atoms with Gasteiger partial charge in [-0.2, -0.15) is 0 Å². The number of carbonyl (C=O) groups is 1. The van der Waals surface area contributed by atoms with Gasteiger partial charge in [0.05, 0.1) is 18.9 Å². The molecule has 0 fully saturated rings. The summed E-state index contributed by atoms with van der Waals surface area (Å²) in [6.07, 6.45) is 6.29. The molecule has 0 unspecified atom stereocenters. The van der Waals surface area contributed by atoms with Crippen molar-refractivity contribution >= 4 is 18.7 Å². The number of hydrogen-bond donors (Lipinski definition) is 0. The smallest absolute Gasteiger partial charge is 0.306 e. The Hall–Kier alpha value is -3.02. The van der Waals surface area contributed by atoms with Crippen LogP contribution in [0.3, 0.4) is 0 Å². The molecule has 0 bridgehead atoms. The van der Waals surface area contributed by atoms with E-state index in [0.29, 0.717) is 13.2 Å². The van der Waals surface area contributed by atoms with Gasteiger partial charge in [-0.15, -0.1) is 0 Å². The Morgan fingerprint density at radius 3 is 2.30 bits per heavy atom. The van der Waals surface area contributed by atoms with Gasteiger partial charge in [-0.25, -0.2) is 4.98 Å². The summed E-state index contributed by atoms with van der Waals surface area (Å²) in [4.78, 5) is 16.8. The molecule has 0 N–H and O–H groups in total. The van der Waals surface area contributed by atoms with Crippen LogP contribution >= 0.6 is 0 Å². The Morgan fingerprint density at radius 2 is 1.73 bits per heavy atom. The molecule has 4 rings (SSSR count). The zero-order chi connectivity index (χ0) is 26.8. The third-order valence-corrected chi connectivity index (χ3v) is 7.95. The molecule has 37 heavy (non-hydrogen) atoms. The van der Waals surface area contributed by atoms with Gasteiger partial charge in [0.1, 0.15) is 25.5 Å². The number of esters is 1.